The Morgan fingerprint density at radius 3 is 2.52 bits per heavy atom. The predicted octanol–water partition coefficient (Wildman–Crippen LogP) is 8.91. The predicted molar refractivity (Wildman–Crippen MR) is 240 cm³/mol. The van der Waals surface area contributed by atoms with E-state index in [0.717, 1.165) is 44.6 Å². The van der Waals surface area contributed by atoms with Gasteiger partial charge in [-0.2, -0.15) is 0 Å². The number of benzene rings is 2. The van der Waals surface area contributed by atoms with Gasteiger partial charge in [0.2, 0.25) is 5.75 Å². The molecule has 1 N–H and O–H groups in total. The highest BCUT2D eigenvalue weighted by molar-refractivity contribution is 7.18. The lowest BCUT2D eigenvalue weighted by atomic mass is 9.71. The second-order valence-corrected chi connectivity index (χ2v) is 18.4. The van der Waals surface area contributed by atoms with Crippen LogP contribution in [0.2, 0.25) is 0 Å². The van der Waals surface area contributed by atoms with Gasteiger partial charge in [0, 0.05) is 43.5 Å². The molecule has 3 aromatic rings. The van der Waals surface area contributed by atoms with E-state index in [4.69, 9.17) is 18.9 Å². The van der Waals surface area contributed by atoms with E-state index in [1.165, 1.54) is 38.1 Å². The summed E-state index contributed by atoms with van der Waals surface area (Å²) in [5.74, 6) is -4.28. The molecular weight excluding hydrogens is 859 g/mol. The molecule has 348 valence electrons. The number of aryl methyl sites for hydroxylation is 1. The Morgan fingerprint density at radius 1 is 1.08 bits per heavy atom. The van der Waals surface area contributed by atoms with Gasteiger partial charge in [0.25, 0.3) is 11.8 Å². The Morgan fingerprint density at radius 2 is 1.82 bits per heavy atom. The molecule has 16 nitrogen and oxygen atoms in total. The Bertz CT molecular complexity index is 2330. The zero-order valence-electron chi connectivity index (χ0n) is 37.4. The number of cyclic esters (lactones) is 1. The van der Waals surface area contributed by atoms with Crippen molar-refractivity contribution >= 4 is 62.9 Å². The van der Waals surface area contributed by atoms with Gasteiger partial charge >= 0.3 is 23.8 Å². The van der Waals surface area contributed by atoms with Gasteiger partial charge < -0.3 is 24.1 Å². The number of nitro groups is 1. The standard InChI is InChI=1S/C48H57N3O13S/c1-7-12-34-45(56)30(3)14-11-13-29(2)16-19-37(33-18-21-39-35(26-33)49-31(4)65-39)62-44(55)27-40(48(5,6)46(34)57)64-47(58)61-28-32-17-20-38(36(25-32)51(59)60)63-43(54)15-9-8-10-24-50-41(52)22-23-42(50)53/h7,16-18,20-23,25-26,30,34,37,40,45,56H,1,8-15,19,24,27-28H2,2-6H3/b29-16-/t30-,34+,37-,40-,45-/m0/s1. The van der Waals surface area contributed by atoms with Crippen molar-refractivity contribution in [1.82, 2.24) is 9.88 Å². The van der Waals surface area contributed by atoms with Crippen LogP contribution < -0.4 is 4.74 Å². The summed E-state index contributed by atoms with van der Waals surface area (Å²) < 4.78 is 23.5. The molecular formula is C48H57N3O13S. The third-order valence-electron chi connectivity index (χ3n) is 11.8. The summed E-state index contributed by atoms with van der Waals surface area (Å²) in [5.41, 5.74) is 0.560. The average molecular weight is 916 g/mol. The first-order chi connectivity index (χ1) is 30.9. The Labute approximate surface area is 381 Å². The normalized spacial score (nSPS) is 22.8. The van der Waals surface area contributed by atoms with Gasteiger partial charge in [-0.25, -0.2) is 9.78 Å². The van der Waals surface area contributed by atoms with Gasteiger partial charge in [-0.15, -0.1) is 17.9 Å². The molecule has 2 amide bonds. The van der Waals surface area contributed by atoms with Crippen LogP contribution in [0, 0.1) is 34.3 Å². The summed E-state index contributed by atoms with van der Waals surface area (Å²) in [7, 11) is 0. The van der Waals surface area contributed by atoms with Crippen LogP contribution in [-0.2, 0) is 44.8 Å². The number of carbonyl (C=O) groups is 6. The number of aromatic nitrogens is 1. The van der Waals surface area contributed by atoms with Crippen molar-refractivity contribution in [2.24, 2.45) is 17.3 Å². The number of unbranched alkanes of at least 4 members (excludes halogenated alkanes) is 2. The number of ketones is 1. The number of fused-ring (bicyclic) bond motifs is 1. The molecule has 0 saturated carbocycles. The fourth-order valence-electron chi connectivity index (χ4n) is 7.93. The number of hydrogen-bond acceptors (Lipinski definition) is 15. The number of imide groups is 1. The summed E-state index contributed by atoms with van der Waals surface area (Å²) in [6, 6.07) is 9.34. The molecule has 3 heterocycles. The van der Waals surface area contributed by atoms with Crippen LogP contribution >= 0.6 is 11.3 Å². The SMILES string of the molecule is C=CC[C@H]1C(=O)C(C)(C)[C@@H](OC(=O)OCc2ccc(OC(=O)CCCCCN3C(=O)C=CC3=O)c([N+](=O)[O-])c2)CC(=O)O[C@H](c2ccc3sc(C)nc3c2)C/C=C(/C)CCC[C@H](C)[C@@H]1O. The summed E-state index contributed by atoms with van der Waals surface area (Å²) in [5, 5.41) is 24.4. The number of ether oxygens (including phenoxy) is 4. The van der Waals surface area contributed by atoms with E-state index in [2.05, 4.69) is 11.6 Å². The van der Waals surface area contributed by atoms with Crippen LogP contribution in [0.25, 0.3) is 10.2 Å². The van der Waals surface area contributed by atoms with E-state index < -0.39 is 89.0 Å². The second-order valence-electron chi connectivity index (χ2n) is 17.2. The third-order valence-corrected chi connectivity index (χ3v) is 12.8. The second kappa shape index (κ2) is 22.7. The zero-order valence-corrected chi connectivity index (χ0v) is 38.3. The van der Waals surface area contributed by atoms with E-state index >= 15 is 0 Å². The summed E-state index contributed by atoms with van der Waals surface area (Å²) in [6.45, 7) is 12.3. The lowest BCUT2D eigenvalue weighted by molar-refractivity contribution is -0.385. The molecule has 0 fully saturated rings. The van der Waals surface area contributed by atoms with Crippen LogP contribution in [-0.4, -0.2) is 74.4 Å². The molecule has 2 aliphatic rings. The molecule has 0 radical (unpaired) electrons. The number of nitrogens with zero attached hydrogens (tertiary/aromatic N) is 3. The van der Waals surface area contributed by atoms with E-state index in [0.29, 0.717) is 37.7 Å². The molecule has 1 aromatic heterocycles. The molecule has 0 bridgehead atoms. The number of rotatable bonds is 14. The topological polar surface area (TPSA) is 219 Å². The molecule has 2 aliphatic heterocycles. The quantitative estimate of drug-likeness (QED) is 0.0304. The van der Waals surface area contributed by atoms with Gasteiger partial charge in [-0.05, 0) is 101 Å². The number of nitro benzene ring substituents is 1. The van der Waals surface area contributed by atoms with Crippen molar-refractivity contribution in [3.63, 3.8) is 0 Å². The fraction of sp³-hybridized carbons (Fsp3) is 0.479. The van der Waals surface area contributed by atoms with Crippen molar-refractivity contribution in [2.75, 3.05) is 6.54 Å². The molecule has 5 atom stereocenters. The molecule has 0 saturated heterocycles. The number of aliphatic hydroxyl groups excluding tert-OH is 1. The van der Waals surface area contributed by atoms with Gasteiger partial charge in [-0.1, -0.05) is 43.2 Å². The number of amides is 2. The molecule has 65 heavy (non-hydrogen) atoms. The van der Waals surface area contributed by atoms with Crippen LogP contribution in [0.15, 0.2) is 72.9 Å². The van der Waals surface area contributed by atoms with Crippen LogP contribution in [0.1, 0.15) is 114 Å². The highest BCUT2D eigenvalue weighted by Gasteiger charge is 2.46. The monoisotopic (exact) mass is 915 g/mol. The molecule has 0 aliphatic carbocycles. The lowest BCUT2D eigenvalue weighted by Gasteiger charge is -2.37. The number of esters is 2. The first-order valence-electron chi connectivity index (χ1n) is 21.8. The maximum atomic E-state index is 14.5. The van der Waals surface area contributed by atoms with Crippen LogP contribution in [0.4, 0.5) is 10.5 Å². The van der Waals surface area contributed by atoms with Gasteiger partial charge in [0.1, 0.15) is 24.6 Å². The smallest absolute Gasteiger partial charge is 0.457 e. The maximum absolute atomic E-state index is 14.5. The number of Topliss-reactive ketones (excluding diaryl/α,β-unsaturated/α-hetero) is 1. The fourth-order valence-corrected chi connectivity index (χ4v) is 8.74. The largest absolute Gasteiger partial charge is 0.508 e. The Hall–Kier alpha value is -6.07. The lowest BCUT2D eigenvalue weighted by Crippen LogP contribution is -2.48. The van der Waals surface area contributed by atoms with Gasteiger partial charge in [0.15, 0.2) is 0 Å². The number of allylic oxidation sites excluding steroid dienone is 2. The average Bonchev–Trinajstić information content (AvgIpc) is 3.80. The molecule has 0 unspecified atom stereocenters. The van der Waals surface area contributed by atoms with E-state index in [1.54, 1.807) is 17.4 Å². The van der Waals surface area contributed by atoms with Crippen LogP contribution in [0.5, 0.6) is 5.75 Å². The van der Waals surface area contributed by atoms with Crippen molar-refractivity contribution in [2.45, 2.75) is 124 Å². The van der Waals surface area contributed by atoms with Crippen LogP contribution in [0.3, 0.4) is 0 Å². The highest BCUT2D eigenvalue weighted by atomic mass is 32.1. The zero-order chi connectivity index (χ0) is 47.4. The minimum absolute atomic E-state index is 0.0761. The van der Waals surface area contributed by atoms with E-state index in [1.807, 2.05) is 45.0 Å². The Kier molecular flexibility index (Phi) is 17.4. The van der Waals surface area contributed by atoms with Gasteiger partial charge in [0.05, 0.1) is 38.1 Å². The summed E-state index contributed by atoms with van der Waals surface area (Å²) in [4.78, 5) is 94.9. The molecule has 17 heteroatoms. The molecule has 0 spiro atoms. The molecule has 5 rings (SSSR count). The Balaban J connectivity index is 1.30. The number of carbonyl (C=O) groups excluding carboxylic acids is 6. The van der Waals surface area contributed by atoms with Crippen molar-refractivity contribution < 1.29 is 57.7 Å². The number of thiazole rings is 1. The molecule has 2 aromatic carbocycles. The van der Waals surface area contributed by atoms with Gasteiger partial charge in [-0.3, -0.25) is 39.0 Å². The first-order valence-corrected chi connectivity index (χ1v) is 22.6. The van der Waals surface area contributed by atoms with Crippen molar-refractivity contribution in [3.05, 3.63) is 99.1 Å². The maximum Gasteiger partial charge on any atom is 0.508 e. The minimum atomic E-state index is -1.57. The summed E-state index contributed by atoms with van der Waals surface area (Å²) in [6.07, 6.45) is 4.69. The van der Waals surface area contributed by atoms with E-state index in [9.17, 15) is 44.0 Å². The minimum Gasteiger partial charge on any atom is -0.457 e. The van der Waals surface area contributed by atoms with Crippen molar-refractivity contribution in [3.8, 4) is 5.75 Å². The highest BCUT2D eigenvalue weighted by Crippen LogP contribution is 2.37. The summed E-state index contributed by atoms with van der Waals surface area (Å²) >= 11 is 1.55. The van der Waals surface area contributed by atoms with Crippen molar-refractivity contribution in [1.29, 1.82) is 0 Å². The number of aliphatic hydroxyl groups is 1. The van der Waals surface area contributed by atoms with E-state index in [-0.39, 0.29) is 36.6 Å². The first kappa shape index (κ1) is 49.9. The third kappa shape index (κ3) is 13.5. The number of hydrogen-bond donors (Lipinski definition) is 1.